The Morgan fingerprint density at radius 2 is 2.50 bits per heavy atom. The van der Waals surface area contributed by atoms with E-state index in [9.17, 15) is 4.79 Å². The Kier molecular flexibility index (Phi) is 5.11. The van der Waals surface area contributed by atoms with Crippen LogP contribution in [-0.2, 0) is 35.7 Å². The highest BCUT2D eigenvalue weighted by Crippen LogP contribution is 2.41. The molecule has 0 aromatic heterocycles. The van der Waals surface area contributed by atoms with Gasteiger partial charge in [-0.1, -0.05) is 17.4 Å². The number of nitrogens with zero attached hydrogens (tertiary/aromatic N) is 2. The van der Waals surface area contributed by atoms with Gasteiger partial charge in [0.15, 0.2) is 6.04 Å². The molecule has 0 radical (unpaired) electrons. The minimum absolute atomic E-state index is 0.334. The largest absolute Gasteiger partial charge is 0.480 e. The summed E-state index contributed by atoms with van der Waals surface area (Å²) in [4.78, 5) is 10.6. The first-order valence-electron chi connectivity index (χ1n) is 3.96. The average molecular weight is 269 g/mol. The van der Waals surface area contributed by atoms with Crippen LogP contribution in [-0.4, -0.2) is 21.7 Å². The summed E-state index contributed by atoms with van der Waals surface area (Å²) >= 11 is 4.52. The summed E-state index contributed by atoms with van der Waals surface area (Å²) < 4.78 is 13.1. The molecule has 2 unspecified atom stereocenters. The molecule has 2 atom stereocenters. The maximum Gasteiger partial charge on any atom is 0.329 e. The van der Waals surface area contributed by atoms with Crippen LogP contribution in [0.1, 0.15) is 19.3 Å². The third kappa shape index (κ3) is 4.10. The normalized spacial score (nSPS) is 22.6. The molecule has 1 rings (SSSR count). The third-order valence-corrected chi connectivity index (χ3v) is 5.53. The first-order valence-corrected chi connectivity index (χ1v) is 8.30. The Morgan fingerprint density at radius 1 is 1.86 bits per heavy atom. The SMILES string of the molecule is N#[S-]1SC1CCCC(N=S=S)C(=O)O. The highest BCUT2D eigenvalue weighted by Gasteiger charge is 2.18. The summed E-state index contributed by atoms with van der Waals surface area (Å²) in [5, 5.41) is 8.73. The molecule has 1 N–H and O–H groups in total. The first-order chi connectivity index (χ1) is 6.65. The summed E-state index contributed by atoms with van der Waals surface area (Å²) in [5.74, 6) is -0.922. The van der Waals surface area contributed by atoms with Crippen molar-refractivity contribution in [2.45, 2.75) is 29.9 Å². The van der Waals surface area contributed by atoms with Gasteiger partial charge in [0.1, 0.15) is 0 Å². The molecule has 0 bridgehead atoms. The van der Waals surface area contributed by atoms with Crippen molar-refractivity contribution in [2.75, 3.05) is 0 Å². The van der Waals surface area contributed by atoms with Crippen LogP contribution >= 0.6 is 10.8 Å². The molecular weight excluding hydrogens is 260 g/mol. The van der Waals surface area contributed by atoms with E-state index < -0.39 is 21.6 Å². The predicted octanol–water partition coefficient (Wildman–Crippen LogP) is 1.42. The fourth-order valence-corrected chi connectivity index (χ4v) is 3.82. The molecule has 1 saturated heterocycles. The summed E-state index contributed by atoms with van der Waals surface area (Å²) in [6.45, 7) is 0. The van der Waals surface area contributed by atoms with Gasteiger partial charge in [-0.3, -0.25) is 20.3 Å². The predicted molar refractivity (Wildman–Crippen MR) is 62.9 cm³/mol. The molecule has 0 aliphatic carbocycles. The van der Waals surface area contributed by atoms with Crippen molar-refractivity contribution in [3.63, 3.8) is 0 Å². The fraction of sp³-hybridized carbons (Fsp3) is 0.833. The fourth-order valence-electron chi connectivity index (χ4n) is 0.987. The van der Waals surface area contributed by atoms with Crippen LogP contribution in [0.3, 0.4) is 0 Å². The van der Waals surface area contributed by atoms with Gasteiger partial charge < -0.3 is 9.71 Å². The second kappa shape index (κ2) is 5.87. The quantitative estimate of drug-likeness (QED) is 0.448. The molecule has 80 valence electrons. The third-order valence-electron chi connectivity index (χ3n) is 1.77. The lowest BCUT2D eigenvalue weighted by Gasteiger charge is -2.04. The summed E-state index contributed by atoms with van der Waals surface area (Å²) in [7, 11) is 1.87. The minimum Gasteiger partial charge on any atom is -0.480 e. The van der Waals surface area contributed by atoms with Crippen LogP contribution in [0.25, 0.3) is 0 Å². The molecule has 0 aromatic carbocycles. The first kappa shape index (κ1) is 12.2. The van der Waals surface area contributed by atoms with Crippen molar-refractivity contribution < 1.29 is 9.90 Å². The van der Waals surface area contributed by atoms with Crippen molar-refractivity contribution in [1.29, 1.82) is 4.61 Å². The molecular formula is C6H9N2O2S4-. The summed E-state index contributed by atoms with van der Waals surface area (Å²) in [6, 6.07) is -0.693. The van der Waals surface area contributed by atoms with Crippen LogP contribution in [0, 0.1) is 4.61 Å². The highest BCUT2D eigenvalue weighted by molar-refractivity contribution is 8.84. The average Bonchev–Trinajstić information content (AvgIpc) is 2.80. The zero-order chi connectivity index (χ0) is 10.6. The Labute approximate surface area is 96.2 Å². The topological polar surface area (TPSA) is 73.5 Å². The maximum absolute atomic E-state index is 10.6. The lowest BCUT2D eigenvalue weighted by atomic mass is 10.1. The summed E-state index contributed by atoms with van der Waals surface area (Å²) in [5.41, 5.74) is 0. The van der Waals surface area contributed by atoms with Gasteiger partial charge in [0.25, 0.3) is 0 Å². The van der Waals surface area contributed by atoms with E-state index in [1.54, 1.807) is 10.8 Å². The van der Waals surface area contributed by atoms with E-state index in [1.807, 2.05) is 0 Å². The molecule has 1 heterocycles. The number of rotatable bonds is 6. The molecule has 0 saturated carbocycles. The number of aliphatic carboxylic acids is 1. The molecule has 1 aliphatic heterocycles. The van der Waals surface area contributed by atoms with Crippen LogP contribution in [0.2, 0.25) is 0 Å². The van der Waals surface area contributed by atoms with Crippen LogP contribution < -0.4 is 0 Å². The molecule has 1 fully saturated rings. The Balaban J connectivity index is 2.23. The van der Waals surface area contributed by atoms with Crippen LogP contribution in [0.4, 0.5) is 0 Å². The van der Waals surface area contributed by atoms with E-state index in [0.29, 0.717) is 11.0 Å². The van der Waals surface area contributed by atoms with Gasteiger partial charge in [-0.15, -0.1) is 0 Å². The zero-order valence-electron chi connectivity index (χ0n) is 7.16. The molecule has 0 amide bonds. The summed E-state index contributed by atoms with van der Waals surface area (Å²) in [6.07, 6.45) is 2.15. The van der Waals surface area contributed by atoms with Gasteiger partial charge in [0, 0.05) is 21.3 Å². The van der Waals surface area contributed by atoms with Crippen molar-refractivity contribution in [2.24, 2.45) is 4.36 Å². The number of carbonyl (C=O) groups is 1. The van der Waals surface area contributed by atoms with Gasteiger partial charge in [-0.25, -0.2) is 9.16 Å². The molecule has 0 spiro atoms. The van der Waals surface area contributed by atoms with Gasteiger partial charge >= 0.3 is 5.97 Å². The van der Waals surface area contributed by atoms with E-state index in [4.69, 9.17) is 9.71 Å². The Hall–Kier alpha value is 0.120. The molecule has 4 nitrogen and oxygen atoms in total. The molecule has 0 aromatic rings. The number of hydrogen-bond donors (Lipinski definition) is 1. The Bertz CT molecular complexity index is 341. The standard InChI is InChI=1S/C6H9N2O2S4/c7-14-5(12-14)3-1-2-4(6(9)10)8-13-11/h4-5H,1-3H2,(H,9,10)/q-1. The minimum atomic E-state index is -0.922. The van der Waals surface area contributed by atoms with Crippen LogP contribution in [0.15, 0.2) is 4.36 Å². The molecule has 14 heavy (non-hydrogen) atoms. The number of carboxylic acids is 1. The zero-order valence-corrected chi connectivity index (χ0v) is 10.4. The number of hydrogen-bond acceptors (Lipinski definition) is 6. The van der Waals surface area contributed by atoms with Gasteiger partial charge in [-0.2, -0.15) is 0 Å². The smallest absolute Gasteiger partial charge is 0.329 e. The number of carboxylic acid groups (broad SMARTS) is 1. The van der Waals surface area contributed by atoms with Crippen molar-refractivity contribution in [1.82, 2.24) is 0 Å². The highest BCUT2D eigenvalue weighted by atomic mass is 33.2. The monoisotopic (exact) mass is 269 g/mol. The molecule has 1 aliphatic rings. The van der Waals surface area contributed by atoms with Gasteiger partial charge in [0.2, 0.25) is 0 Å². The lowest BCUT2D eigenvalue weighted by Crippen LogP contribution is -2.17. The Morgan fingerprint density at radius 3 is 2.93 bits per heavy atom. The van der Waals surface area contributed by atoms with E-state index in [0.717, 1.165) is 23.0 Å². The van der Waals surface area contributed by atoms with Crippen LogP contribution in [0.5, 0.6) is 0 Å². The van der Waals surface area contributed by atoms with E-state index >= 15 is 0 Å². The van der Waals surface area contributed by atoms with E-state index in [2.05, 4.69) is 15.6 Å². The second-order valence-corrected chi connectivity index (χ2v) is 7.36. The van der Waals surface area contributed by atoms with Crippen molar-refractivity contribution in [3.8, 4) is 0 Å². The second-order valence-electron chi connectivity index (χ2n) is 2.77. The lowest BCUT2D eigenvalue weighted by molar-refractivity contribution is -0.138. The van der Waals surface area contributed by atoms with E-state index in [1.165, 1.54) is 0 Å². The maximum atomic E-state index is 10.6. The van der Waals surface area contributed by atoms with Crippen molar-refractivity contribution in [3.05, 3.63) is 0 Å². The molecule has 8 heteroatoms. The van der Waals surface area contributed by atoms with Gasteiger partial charge in [0.05, 0.1) is 0 Å². The van der Waals surface area contributed by atoms with Crippen molar-refractivity contribution >= 4 is 47.6 Å². The van der Waals surface area contributed by atoms with E-state index in [-0.39, 0.29) is 0 Å². The van der Waals surface area contributed by atoms with Gasteiger partial charge in [-0.05, 0) is 6.42 Å².